The molecule has 1 heterocycles. The number of anilines is 1. The molecule has 0 bridgehead atoms. The fraction of sp³-hybridized carbons (Fsp3) is 0.429. The Kier molecular flexibility index (Phi) is 2.78. The molecule has 4 nitrogen and oxygen atoms in total. The molecule has 0 atom stereocenters. The van der Waals surface area contributed by atoms with Crippen LogP contribution >= 0.6 is 0 Å². The Hall–Kier alpha value is -1.53. The van der Waals surface area contributed by atoms with E-state index in [4.69, 9.17) is 5.73 Å². The van der Waals surface area contributed by atoms with Crippen molar-refractivity contribution in [3.05, 3.63) is 11.9 Å². The smallest absolute Gasteiger partial charge is 0.422 e. The van der Waals surface area contributed by atoms with Gasteiger partial charge in [0, 0.05) is 0 Å². The molecule has 2 N–H and O–H groups in total. The van der Waals surface area contributed by atoms with Crippen LogP contribution in [0.15, 0.2) is 6.20 Å². The zero-order valence-electron chi connectivity index (χ0n) is 7.30. The van der Waals surface area contributed by atoms with Crippen LogP contribution in [0.2, 0.25) is 0 Å². The van der Waals surface area contributed by atoms with Gasteiger partial charge in [0.2, 0.25) is 0 Å². The standard InChI is InChI=1S/C7H8F3N3O/c1-4-2-12-5(11)6(13-4)14-3-7(8,9)10/h2H,3H2,1H3,(H2,11,12). The Morgan fingerprint density at radius 1 is 1.50 bits per heavy atom. The highest BCUT2D eigenvalue weighted by molar-refractivity contribution is 5.39. The van der Waals surface area contributed by atoms with Gasteiger partial charge in [0.05, 0.1) is 11.9 Å². The molecule has 0 aromatic carbocycles. The quantitative estimate of drug-likeness (QED) is 0.794. The van der Waals surface area contributed by atoms with Crippen molar-refractivity contribution in [3.63, 3.8) is 0 Å². The maximum Gasteiger partial charge on any atom is 0.422 e. The van der Waals surface area contributed by atoms with Crippen molar-refractivity contribution in [2.24, 2.45) is 0 Å². The van der Waals surface area contributed by atoms with Gasteiger partial charge in [-0.05, 0) is 6.92 Å². The van der Waals surface area contributed by atoms with Gasteiger partial charge in [-0.15, -0.1) is 0 Å². The molecule has 0 aliphatic heterocycles. The molecule has 78 valence electrons. The van der Waals surface area contributed by atoms with Crippen molar-refractivity contribution in [2.45, 2.75) is 13.1 Å². The van der Waals surface area contributed by atoms with Crippen LogP contribution in [0.4, 0.5) is 19.0 Å². The Balaban J connectivity index is 2.72. The SMILES string of the molecule is Cc1cnc(N)c(OCC(F)(F)F)n1. The van der Waals surface area contributed by atoms with E-state index in [9.17, 15) is 13.2 Å². The van der Waals surface area contributed by atoms with E-state index in [1.165, 1.54) is 6.20 Å². The summed E-state index contributed by atoms with van der Waals surface area (Å²) in [4.78, 5) is 7.27. The predicted octanol–water partition coefficient (Wildman–Crippen LogP) is 1.31. The lowest BCUT2D eigenvalue weighted by atomic mass is 10.5. The second kappa shape index (κ2) is 3.69. The zero-order valence-corrected chi connectivity index (χ0v) is 7.30. The fourth-order valence-electron chi connectivity index (χ4n) is 0.721. The van der Waals surface area contributed by atoms with Crippen LogP contribution in [0.1, 0.15) is 5.69 Å². The predicted molar refractivity (Wildman–Crippen MR) is 42.7 cm³/mol. The van der Waals surface area contributed by atoms with Crippen LogP contribution in [0.25, 0.3) is 0 Å². The van der Waals surface area contributed by atoms with Gasteiger partial charge < -0.3 is 10.5 Å². The number of nitrogens with zero attached hydrogens (tertiary/aromatic N) is 2. The second-order valence-corrected chi connectivity index (χ2v) is 2.61. The molecule has 0 aliphatic rings. The average Bonchev–Trinajstić information content (AvgIpc) is 2.05. The maximum atomic E-state index is 11.8. The highest BCUT2D eigenvalue weighted by Crippen LogP contribution is 2.20. The minimum Gasteiger partial charge on any atom is -0.465 e. The zero-order chi connectivity index (χ0) is 10.8. The third-order valence-electron chi connectivity index (χ3n) is 1.26. The van der Waals surface area contributed by atoms with E-state index < -0.39 is 12.8 Å². The first-order valence-electron chi connectivity index (χ1n) is 3.67. The van der Waals surface area contributed by atoms with Gasteiger partial charge in [0.25, 0.3) is 5.88 Å². The molecular formula is C7H8F3N3O. The van der Waals surface area contributed by atoms with Gasteiger partial charge in [-0.3, -0.25) is 0 Å². The summed E-state index contributed by atoms with van der Waals surface area (Å²) in [6, 6.07) is 0. The Morgan fingerprint density at radius 3 is 2.71 bits per heavy atom. The number of aryl methyl sites for hydroxylation is 1. The lowest BCUT2D eigenvalue weighted by Gasteiger charge is -2.09. The van der Waals surface area contributed by atoms with Crippen molar-refractivity contribution in [2.75, 3.05) is 12.3 Å². The molecule has 7 heteroatoms. The van der Waals surface area contributed by atoms with Crippen LogP contribution in [0, 0.1) is 6.92 Å². The van der Waals surface area contributed by atoms with E-state index in [-0.39, 0.29) is 11.7 Å². The monoisotopic (exact) mass is 207 g/mol. The average molecular weight is 207 g/mol. The lowest BCUT2D eigenvalue weighted by molar-refractivity contribution is -0.154. The second-order valence-electron chi connectivity index (χ2n) is 2.61. The van der Waals surface area contributed by atoms with Crippen molar-refractivity contribution >= 4 is 5.82 Å². The number of alkyl halides is 3. The van der Waals surface area contributed by atoms with Crippen molar-refractivity contribution in [1.82, 2.24) is 9.97 Å². The summed E-state index contributed by atoms with van der Waals surface area (Å²) in [5.74, 6) is -0.442. The van der Waals surface area contributed by atoms with E-state index >= 15 is 0 Å². The number of nitrogens with two attached hydrogens (primary N) is 1. The minimum absolute atomic E-state index is 0.153. The number of halogens is 3. The number of ether oxygens (including phenoxy) is 1. The molecule has 0 saturated carbocycles. The lowest BCUT2D eigenvalue weighted by Crippen LogP contribution is -2.20. The van der Waals surface area contributed by atoms with Crippen LogP contribution < -0.4 is 10.5 Å². The van der Waals surface area contributed by atoms with Gasteiger partial charge in [0.15, 0.2) is 12.4 Å². The first-order chi connectivity index (χ1) is 6.38. The molecule has 0 amide bonds. The molecule has 0 aliphatic carbocycles. The van der Waals surface area contributed by atoms with E-state index in [0.717, 1.165) is 0 Å². The first kappa shape index (κ1) is 10.6. The van der Waals surface area contributed by atoms with Crippen LogP contribution in [-0.4, -0.2) is 22.8 Å². The van der Waals surface area contributed by atoms with Gasteiger partial charge in [-0.2, -0.15) is 13.2 Å². The van der Waals surface area contributed by atoms with Crippen molar-refractivity contribution < 1.29 is 17.9 Å². The van der Waals surface area contributed by atoms with Gasteiger partial charge in [-0.25, -0.2) is 9.97 Å². The summed E-state index contributed by atoms with van der Waals surface area (Å²) >= 11 is 0. The van der Waals surface area contributed by atoms with Crippen LogP contribution in [0.3, 0.4) is 0 Å². The Morgan fingerprint density at radius 2 is 2.14 bits per heavy atom. The molecular weight excluding hydrogens is 199 g/mol. The third-order valence-corrected chi connectivity index (χ3v) is 1.26. The van der Waals surface area contributed by atoms with Gasteiger partial charge in [0.1, 0.15) is 0 Å². The molecule has 1 aromatic heterocycles. The van der Waals surface area contributed by atoms with E-state index in [0.29, 0.717) is 5.69 Å². The molecule has 1 aromatic rings. The summed E-state index contributed by atoms with van der Waals surface area (Å²) in [7, 11) is 0. The Labute approximate surface area is 77.9 Å². The third kappa shape index (κ3) is 3.08. The van der Waals surface area contributed by atoms with Crippen molar-refractivity contribution in [1.29, 1.82) is 0 Å². The number of hydrogen-bond donors (Lipinski definition) is 1. The molecule has 14 heavy (non-hydrogen) atoms. The van der Waals surface area contributed by atoms with Crippen LogP contribution in [-0.2, 0) is 0 Å². The molecule has 0 spiro atoms. The summed E-state index contributed by atoms with van der Waals surface area (Å²) in [6.45, 7) is 0.155. The van der Waals surface area contributed by atoms with Gasteiger partial charge >= 0.3 is 6.18 Å². The molecule has 0 unspecified atom stereocenters. The highest BCUT2D eigenvalue weighted by Gasteiger charge is 2.29. The normalized spacial score (nSPS) is 11.4. The van der Waals surface area contributed by atoms with Crippen molar-refractivity contribution in [3.8, 4) is 5.88 Å². The summed E-state index contributed by atoms with van der Waals surface area (Å²) in [6.07, 6.45) is -3.06. The van der Waals surface area contributed by atoms with Gasteiger partial charge in [-0.1, -0.05) is 0 Å². The summed E-state index contributed by atoms with van der Waals surface area (Å²) in [5, 5.41) is 0. The number of rotatable bonds is 2. The molecule has 0 fully saturated rings. The number of hydrogen-bond acceptors (Lipinski definition) is 4. The first-order valence-corrected chi connectivity index (χ1v) is 3.67. The van der Waals surface area contributed by atoms with E-state index in [1.807, 2.05) is 0 Å². The highest BCUT2D eigenvalue weighted by atomic mass is 19.4. The van der Waals surface area contributed by atoms with E-state index in [1.54, 1.807) is 6.92 Å². The fourth-order valence-corrected chi connectivity index (χ4v) is 0.721. The largest absolute Gasteiger partial charge is 0.465 e. The molecule has 0 radical (unpaired) electrons. The Bertz CT molecular complexity index is 326. The maximum absolute atomic E-state index is 11.8. The minimum atomic E-state index is -4.40. The molecule has 0 saturated heterocycles. The van der Waals surface area contributed by atoms with E-state index in [2.05, 4.69) is 14.7 Å². The molecule has 1 rings (SSSR count). The topological polar surface area (TPSA) is 61.0 Å². The number of nitrogen functional groups attached to an aromatic ring is 1. The summed E-state index contributed by atoms with van der Waals surface area (Å²) < 4.78 is 39.6. The number of aromatic nitrogens is 2. The van der Waals surface area contributed by atoms with Crippen LogP contribution in [0.5, 0.6) is 5.88 Å². The summed E-state index contributed by atoms with van der Waals surface area (Å²) in [5.41, 5.74) is 5.69.